The predicted molar refractivity (Wildman–Crippen MR) is 66.2 cm³/mol. The fraction of sp³-hybridized carbons (Fsp3) is 1.00. The minimum atomic E-state index is -0.0486. The minimum absolute atomic E-state index is 0.0486. The van der Waals surface area contributed by atoms with E-state index in [-0.39, 0.29) is 6.10 Å². The first kappa shape index (κ1) is 9.83. The van der Waals surface area contributed by atoms with E-state index in [1.54, 1.807) is 19.3 Å². The van der Waals surface area contributed by atoms with Crippen LogP contribution in [0.2, 0.25) is 0 Å². The van der Waals surface area contributed by atoms with Crippen molar-refractivity contribution in [1.82, 2.24) is 0 Å². The van der Waals surface area contributed by atoms with E-state index in [1.165, 1.54) is 19.3 Å². The molecule has 1 N–H and O–H groups in total. The van der Waals surface area contributed by atoms with Crippen molar-refractivity contribution in [1.29, 1.82) is 0 Å². The van der Waals surface area contributed by atoms with E-state index in [0.29, 0.717) is 5.41 Å². The lowest BCUT2D eigenvalue weighted by Crippen LogP contribution is -2.66. The summed E-state index contributed by atoms with van der Waals surface area (Å²) in [4.78, 5) is 0. The third kappa shape index (κ3) is 0.959. The van der Waals surface area contributed by atoms with Gasteiger partial charge in [-0.05, 0) is 92.3 Å². The monoisotopic (exact) mass is 232 g/mol. The standard InChI is InChI=1S/C16H24O/c1-8(17)16-5-13-10-2-9-3-11(13)15(7-16)12(4-9)14(10)6-16/h8-15,17H,2-7H2,1H3. The SMILES string of the molecule is CC(O)C12CC3C4CC5CC3C(C1)C(C5)C4C2. The van der Waals surface area contributed by atoms with E-state index in [9.17, 15) is 5.11 Å². The van der Waals surface area contributed by atoms with Crippen molar-refractivity contribution >= 4 is 0 Å². The average molecular weight is 232 g/mol. The quantitative estimate of drug-likeness (QED) is 0.736. The van der Waals surface area contributed by atoms with Gasteiger partial charge in [0.25, 0.3) is 0 Å². The summed E-state index contributed by atoms with van der Waals surface area (Å²) in [6.45, 7) is 2.08. The Morgan fingerprint density at radius 2 is 1.24 bits per heavy atom. The molecule has 7 rings (SSSR count). The number of aliphatic hydroxyl groups excluding tert-OH is 1. The van der Waals surface area contributed by atoms with Crippen LogP contribution in [0.15, 0.2) is 0 Å². The highest BCUT2D eigenvalue weighted by Crippen LogP contribution is 2.74. The van der Waals surface area contributed by atoms with E-state index in [1.807, 2.05) is 0 Å². The van der Waals surface area contributed by atoms with Crippen LogP contribution in [0.3, 0.4) is 0 Å². The van der Waals surface area contributed by atoms with Gasteiger partial charge in [-0.1, -0.05) is 0 Å². The van der Waals surface area contributed by atoms with Crippen molar-refractivity contribution in [3.05, 3.63) is 0 Å². The molecule has 1 heteroatoms. The second kappa shape index (κ2) is 2.76. The van der Waals surface area contributed by atoms with Crippen LogP contribution < -0.4 is 0 Å². The highest BCUT2D eigenvalue weighted by atomic mass is 16.3. The van der Waals surface area contributed by atoms with Gasteiger partial charge in [0, 0.05) is 0 Å². The Hall–Kier alpha value is -0.0400. The number of rotatable bonds is 1. The zero-order chi connectivity index (χ0) is 11.4. The fourth-order valence-corrected chi connectivity index (χ4v) is 7.48. The van der Waals surface area contributed by atoms with Crippen molar-refractivity contribution < 1.29 is 5.11 Å². The van der Waals surface area contributed by atoms with Crippen LogP contribution in [0.1, 0.15) is 45.4 Å². The average Bonchev–Trinajstić information content (AvgIpc) is 2.34. The van der Waals surface area contributed by atoms with Crippen LogP contribution >= 0.6 is 0 Å². The highest BCUT2D eigenvalue weighted by Gasteiger charge is 2.67. The molecule has 1 unspecified atom stereocenters. The first-order valence-corrected chi connectivity index (χ1v) is 7.86. The third-order valence-electron chi connectivity index (χ3n) is 7.93. The Bertz CT molecular complexity index is 311. The van der Waals surface area contributed by atoms with Crippen LogP contribution in [-0.2, 0) is 0 Å². The lowest BCUT2D eigenvalue weighted by atomic mass is 9.32. The van der Waals surface area contributed by atoms with Gasteiger partial charge in [0.2, 0.25) is 0 Å². The van der Waals surface area contributed by atoms with E-state index in [0.717, 1.165) is 41.4 Å². The lowest BCUT2D eigenvalue weighted by molar-refractivity contribution is -0.250. The maximum atomic E-state index is 10.3. The van der Waals surface area contributed by atoms with Crippen LogP contribution in [0.5, 0.6) is 0 Å². The molecule has 8 bridgehead atoms. The Balaban J connectivity index is 1.63. The second-order valence-electron chi connectivity index (χ2n) is 8.21. The molecule has 7 aliphatic carbocycles. The zero-order valence-corrected chi connectivity index (χ0v) is 10.8. The van der Waals surface area contributed by atoms with Crippen molar-refractivity contribution in [3.8, 4) is 0 Å². The van der Waals surface area contributed by atoms with Gasteiger partial charge in [-0.15, -0.1) is 0 Å². The van der Waals surface area contributed by atoms with Gasteiger partial charge in [0.15, 0.2) is 0 Å². The van der Waals surface area contributed by atoms with E-state index in [4.69, 9.17) is 0 Å². The molecule has 0 saturated heterocycles. The van der Waals surface area contributed by atoms with Gasteiger partial charge in [-0.2, -0.15) is 0 Å². The Kier molecular flexibility index (Phi) is 1.60. The van der Waals surface area contributed by atoms with Crippen LogP contribution in [0.25, 0.3) is 0 Å². The summed E-state index contributed by atoms with van der Waals surface area (Å²) in [7, 11) is 0. The van der Waals surface area contributed by atoms with E-state index in [2.05, 4.69) is 6.92 Å². The van der Waals surface area contributed by atoms with Gasteiger partial charge in [-0.3, -0.25) is 0 Å². The van der Waals surface area contributed by atoms with Gasteiger partial charge in [0.05, 0.1) is 6.10 Å². The smallest absolute Gasteiger partial charge is 0.0568 e. The molecule has 0 radical (unpaired) electrons. The first-order chi connectivity index (χ1) is 8.18. The molecular formula is C16H24O. The predicted octanol–water partition coefficient (Wildman–Crippen LogP) is 3.08. The largest absolute Gasteiger partial charge is 0.393 e. The molecule has 0 aromatic carbocycles. The maximum Gasteiger partial charge on any atom is 0.0568 e. The summed E-state index contributed by atoms with van der Waals surface area (Å²) in [6, 6.07) is 0. The Labute approximate surface area is 104 Å². The molecule has 0 aromatic heterocycles. The lowest BCUT2D eigenvalue weighted by Gasteiger charge is -2.73. The van der Waals surface area contributed by atoms with Crippen LogP contribution in [0, 0.1) is 46.8 Å². The van der Waals surface area contributed by atoms with Crippen molar-refractivity contribution in [2.45, 2.75) is 51.6 Å². The van der Waals surface area contributed by atoms with Crippen LogP contribution in [-0.4, -0.2) is 11.2 Å². The van der Waals surface area contributed by atoms with Gasteiger partial charge >= 0.3 is 0 Å². The molecular weight excluding hydrogens is 208 g/mol. The summed E-state index contributed by atoms with van der Waals surface area (Å²) in [5.41, 5.74) is 0.355. The normalized spacial score (nSPS) is 67.8. The molecule has 0 amide bonds. The fourth-order valence-electron chi connectivity index (χ4n) is 7.48. The molecule has 0 heterocycles. The summed E-state index contributed by atoms with van der Waals surface area (Å²) in [5, 5.41) is 10.3. The molecule has 7 saturated carbocycles. The van der Waals surface area contributed by atoms with Crippen molar-refractivity contribution in [2.75, 3.05) is 0 Å². The number of hydrogen-bond donors (Lipinski definition) is 1. The third-order valence-corrected chi connectivity index (χ3v) is 7.93. The number of aliphatic hydroxyl groups is 1. The zero-order valence-electron chi connectivity index (χ0n) is 10.8. The summed E-state index contributed by atoms with van der Waals surface area (Å²) >= 11 is 0. The minimum Gasteiger partial charge on any atom is -0.393 e. The maximum absolute atomic E-state index is 10.3. The number of hydrogen-bond acceptors (Lipinski definition) is 1. The molecule has 0 spiro atoms. The first-order valence-electron chi connectivity index (χ1n) is 7.86. The molecule has 0 aromatic rings. The molecule has 1 nitrogen and oxygen atoms in total. The Morgan fingerprint density at radius 1 is 0.824 bits per heavy atom. The summed E-state index contributed by atoms with van der Waals surface area (Å²) < 4.78 is 0. The highest BCUT2D eigenvalue weighted by molar-refractivity contribution is 5.16. The van der Waals surface area contributed by atoms with E-state index < -0.39 is 0 Å². The van der Waals surface area contributed by atoms with E-state index >= 15 is 0 Å². The van der Waals surface area contributed by atoms with Gasteiger partial charge in [-0.25, -0.2) is 0 Å². The second-order valence-corrected chi connectivity index (χ2v) is 8.21. The summed E-state index contributed by atoms with van der Waals surface area (Å²) in [6.07, 6.45) is 8.78. The van der Waals surface area contributed by atoms with Gasteiger partial charge < -0.3 is 5.11 Å². The van der Waals surface area contributed by atoms with Crippen molar-refractivity contribution in [2.24, 2.45) is 46.8 Å². The molecule has 1 atom stereocenters. The molecule has 7 fully saturated rings. The molecule has 0 aliphatic heterocycles. The topological polar surface area (TPSA) is 20.2 Å². The van der Waals surface area contributed by atoms with Crippen molar-refractivity contribution in [3.63, 3.8) is 0 Å². The van der Waals surface area contributed by atoms with Crippen LogP contribution in [0.4, 0.5) is 0 Å². The Morgan fingerprint density at radius 3 is 1.59 bits per heavy atom. The molecule has 17 heavy (non-hydrogen) atoms. The molecule has 7 aliphatic rings. The summed E-state index contributed by atoms with van der Waals surface area (Å²) in [5.74, 6) is 7.43. The molecule has 94 valence electrons. The van der Waals surface area contributed by atoms with Gasteiger partial charge in [0.1, 0.15) is 0 Å².